The van der Waals surface area contributed by atoms with Gasteiger partial charge in [-0.25, -0.2) is 0 Å². The number of hydrogen-bond donors (Lipinski definition) is 1. The zero-order chi connectivity index (χ0) is 19.6. The predicted octanol–water partition coefficient (Wildman–Crippen LogP) is 2.49. The van der Waals surface area contributed by atoms with E-state index in [2.05, 4.69) is 58.3 Å². The van der Waals surface area contributed by atoms with E-state index in [-0.39, 0.29) is 11.9 Å². The number of aliphatic imine (C=N–C) groups is 1. The number of carbonyl (C=O) groups excluding carboxylic acids is 1. The fourth-order valence-electron chi connectivity index (χ4n) is 3.40. The van der Waals surface area contributed by atoms with Crippen molar-refractivity contribution in [3.63, 3.8) is 0 Å². The zero-order valence-electron chi connectivity index (χ0n) is 17.2. The van der Waals surface area contributed by atoms with Crippen LogP contribution in [0.15, 0.2) is 29.3 Å². The summed E-state index contributed by atoms with van der Waals surface area (Å²) < 4.78 is 5.20. The number of rotatable bonds is 7. The Hall–Kier alpha value is -2.08. The van der Waals surface area contributed by atoms with Crippen molar-refractivity contribution in [1.82, 2.24) is 15.1 Å². The smallest absolute Gasteiger partial charge is 0.310 e. The van der Waals surface area contributed by atoms with Gasteiger partial charge in [-0.3, -0.25) is 9.79 Å². The summed E-state index contributed by atoms with van der Waals surface area (Å²) in [6, 6.07) is 8.65. The first-order chi connectivity index (χ1) is 13.1. The molecule has 0 saturated carbocycles. The molecule has 27 heavy (non-hydrogen) atoms. The van der Waals surface area contributed by atoms with E-state index in [1.165, 1.54) is 11.1 Å². The minimum Gasteiger partial charge on any atom is -0.466 e. The average Bonchev–Trinajstić information content (AvgIpc) is 2.69. The molecule has 1 unspecified atom stereocenters. The number of hydrogen-bond acceptors (Lipinski definition) is 4. The van der Waals surface area contributed by atoms with Gasteiger partial charge in [0, 0.05) is 33.2 Å². The number of likely N-dealkylation sites (tertiary alicyclic amines) is 1. The summed E-state index contributed by atoms with van der Waals surface area (Å²) in [6.45, 7) is 8.74. The molecule has 1 N–H and O–H groups in total. The molecule has 1 heterocycles. The SMILES string of the molecule is CCOC(=O)C1CCCN(C(=NC)NCc2cccc(CN(C)CC)c2)C1. The lowest BCUT2D eigenvalue weighted by molar-refractivity contribution is -0.149. The highest BCUT2D eigenvalue weighted by atomic mass is 16.5. The Bertz CT molecular complexity index is 632. The van der Waals surface area contributed by atoms with Crippen LogP contribution in [0.2, 0.25) is 0 Å². The summed E-state index contributed by atoms with van der Waals surface area (Å²) in [4.78, 5) is 20.9. The van der Waals surface area contributed by atoms with Crippen LogP contribution in [0.1, 0.15) is 37.8 Å². The van der Waals surface area contributed by atoms with Crippen molar-refractivity contribution in [2.45, 2.75) is 39.8 Å². The lowest BCUT2D eigenvalue weighted by Gasteiger charge is -2.34. The number of esters is 1. The summed E-state index contributed by atoms with van der Waals surface area (Å²) in [6.07, 6.45) is 1.86. The van der Waals surface area contributed by atoms with Gasteiger partial charge in [-0.1, -0.05) is 31.2 Å². The molecule has 1 fully saturated rings. The van der Waals surface area contributed by atoms with Gasteiger partial charge < -0.3 is 19.9 Å². The molecule has 0 aliphatic carbocycles. The third-order valence-electron chi connectivity index (χ3n) is 4.99. The van der Waals surface area contributed by atoms with E-state index in [1.807, 2.05) is 6.92 Å². The molecule has 6 nitrogen and oxygen atoms in total. The molecule has 1 aliphatic heterocycles. The van der Waals surface area contributed by atoms with E-state index in [1.54, 1.807) is 7.05 Å². The molecule has 0 aromatic heterocycles. The Morgan fingerprint density at radius 2 is 2.15 bits per heavy atom. The molecule has 1 aromatic rings. The van der Waals surface area contributed by atoms with Crippen molar-refractivity contribution in [2.24, 2.45) is 10.9 Å². The number of benzene rings is 1. The Morgan fingerprint density at radius 1 is 1.37 bits per heavy atom. The predicted molar refractivity (Wildman–Crippen MR) is 110 cm³/mol. The average molecular weight is 375 g/mol. The Morgan fingerprint density at radius 3 is 2.85 bits per heavy atom. The van der Waals surface area contributed by atoms with Crippen LogP contribution in [0.4, 0.5) is 0 Å². The van der Waals surface area contributed by atoms with E-state index < -0.39 is 0 Å². The summed E-state index contributed by atoms with van der Waals surface area (Å²) in [5.74, 6) is 0.690. The van der Waals surface area contributed by atoms with Gasteiger partial charge in [-0.05, 0) is 44.5 Å². The van der Waals surface area contributed by atoms with Gasteiger partial charge in [-0.2, -0.15) is 0 Å². The summed E-state index contributed by atoms with van der Waals surface area (Å²) in [5, 5.41) is 3.45. The minimum absolute atomic E-state index is 0.0647. The van der Waals surface area contributed by atoms with Crippen molar-refractivity contribution < 1.29 is 9.53 Å². The van der Waals surface area contributed by atoms with Gasteiger partial charge in [0.25, 0.3) is 0 Å². The van der Waals surface area contributed by atoms with Crippen LogP contribution in [0.25, 0.3) is 0 Å². The van der Waals surface area contributed by atoms with Gasteiger partial charge in [0.2, 0.25) is 0 Å². The Balaban J connectivity index is 1.93. The molecule has 1 atom stereocenters. The molecule has 150 valence electrons. The lowest BCUT2D eigenvalue weighted by atomic mass is 9.98. The second-order valence-corrected chi connectivity index (χ2v) is 7.09. The van der Waals surface area contributed by atoms with Crippen molar-refractivity contribution in [1.29, 1.82) is 0 Å². The van der Waals surface area contributed by atoms with Crippen LogP contribution in [0.5, 0.6) is 0 Å². The van der Waals surface area contributed by atoms with Gasteiger partial charge in [0.1, 0.15) is 0 Å². The van der Waals surface area contributed by atoms with Crippen molar-refractivity contribution >= 4 is 11.9 Å². The van der Waals surface area contributed by atoms with E-state index in [0.29, 0.717) is 13.2 Å². The second-order valence-electron chi connectivity index (χ2n) is 7.09. The quantitative estimate of drug-likeness (QED) is 0.451. The molecule has 1 aliphatic rings. The number of nitrogens with zero attached hydrogens (tertiary/aromatic N) is 3. The maximum absolute atomic E-state index is 12.1. The first-order valence-corrected chi connectivity index (χ1v) is 9.95. The van der Waals surface area contributed by atoms with Crippen LogP contribution in [-0.4, -0.2) is 62.1 Å². The fourth-order valence-corrected chi connectivity index (χ4v) is 3.40. The minimum atomic E-state index is -0.0922. The molecule has 0 bridgehead atoms. The van der Waals surface area contributed by atoms with Crippen LogP contribution in [0.3, 0.4) is 0 Å². The molecule has 2 rings (SSSR count). The van der Waals surface area contributed by atoms with Crippen molar-refractivity contribution in [3.8, 4) is 0 Å². The highest BCUT2D eigenvalue weighted by Gasteiger charge is 2.28. The van der Waals surface area contributed by atoms with Gasteiger partial charge in [0.15, 0.2) is 5.96 Å². The maximum Gasteiger partial charge on any atom is 0.310 e. The first-order valence-electron chi connectivity index (χ1n) is 9.95. The highest BCUT2D eigenvalue weighted by Crippen LogP contribution is 2.18. The van der Waals surface area contributed by atoms with Gasteiger partial charge >= 0.3 is 5.97 Å². The molecule has 0 spiro atoms. The lowest BCUT2D eigenvalue weighted by Crippen LogP contribution is -2.48. The third kappa shape index (κ3) is 6.54. The van der Waals surface area contributed by atoms with Crippen LogP contribution in [0, 0.1) is 5.92 Å². The topological polar surface area (TPSA) is 57.2 Å². The van der Waals surface area contributed by atoms with E-state index >= 15 is 0 Å². The van der Waals surface area contributed by atoms with Gasteiger partial charge in [-0.15, -0.1) is 0 Å². The standard InChI is InChI=1S/C21H34N4O2/c1-5-24(4)15-18-10-7-9-17(13-18)14-23-21(22-3)25-12-8-11-19(16-25)20(26)27-6-2/h7,9-10,13,19H,5-6,8,11-12,14-16H2,1-4H3,(H,22,23). The van der Waals surface area contributed by atoms with Crippen molar-refractivity contribution in [2.75, 3.05) is 40.3 Å². The molecule has 1 saturated heterocycles. The number of piperidine rings is 1. The molecule has 1 aromatic carbocycles. The van der Waals surface area contributed by atoms with Gasteiger partial charge in [0.05, 0.1) is 12.5 Å². The Kier molecular flexibility index (Phi) is 8.58. The van der Waals surface area contributed by atoms with Crippen LogP contribution in [-0.2, 0) is 22.6 Å². The summed E-state index contributed by atoms with van der Waals surface area (Å²) in [7, 11) is 3.92. The van der Waals surface area contributed by atoms with Crippen LogP contribution < -0.4 is 5.32 Å². The number of carbonyl (C=O) groups is 1. The van der Waals surface area contributed by atoms with E-state index in [0.717, 1.165) is 45.0 Å². The number of guanidine groups is 1. The largest absolute Gasteiger partial charge is 0.466 e. The first kappa shape index (κ1) is 21.2. The molecule has 6 heteroatoms. The van der Waals surface area contributed by atoms with Crippen LogP contribution >= 0.6 is 0 Å². The molecule has 0 amide bonds. The zero-order valence-corrected chi connectivity index (χ0v) is 17.2. The summed E-state index contributed by atoms with van der Waals surface area (Å²) >= 11 is 0. The molecular formula is C21H34N4O2. The van der Waals surface area contributed by atoms with E-state index in [9.17, 15) is 4.79 Å². The monoisotopic (exact) mass is 374 g/mol. The number of nitrogens with one attached hydrogen (secondary N) is 1. The maximum atomic E-state index is 12.1. The molecular weight excluding hydrogens is 340 g/mol. The second kappa shape index (κ2) is 10.9. The molecule has 0 radical (unpaired) electrons. The number of ether oxygens (including phenoxy) is 1. The third-order valence-corrected chi connectivity index (χ3v) is 4.99. The van der Waals surface area contributed by atoms with E-state index in [4.69, 9.17) is 4.74 Å². The fraction of sp³-hybridized carbons (Fsp3) is 0.619. The summed E-state index contributed by atoms with van der Waals surface area (Å²) in [5.41, 5.74) is 2.55. The van der Waals surface area contributed by atoms with Crippen molar-refractivity contribution in [3.05, 3.63) is 35.4 Å². The highest BCUT2D eigenvalue weighted by molar-refractivity contribution is 5.81. The normalized spacial score (nSPS) is 17.9. The Labute approximate surface area is 163 Å².